The Labute approximate surface area is 149 Å². The van der Waals surface area contributed by atoms with E-state index in [0.717, 1.165) is 70.5 Å². The highest BCUT2D eigenvalue weighted by atomic mass is 16.5. The predicted octanol–water partition coefficient (Wildman–Crippen LogP) is 0.962. The summed E-state index contributed by atoms with van der Waals surface area (Å²) in [5, 5.41) is 4.67. The summed E-state index contributed by atoms with van der Waals surface area (Å²) in [5.41, 5.74) is 1.09. The zero-order valence-electron chi connectivity index (χ0n) is 15.3. The van der Waals surface area contributed by atoms with Gasteiger partial charge in [-0.25, -0.2) is 9.50 Å². The van der Waals surface area contributed by atoms with Crippen LogP contribution in [0, 0.1) is 0 Å². The molecule has 2 aromatic heterocycles. The SMILES string of the molecule is CC(C)(CN1CCN(c2ccc3nccn3n2)CC1)N1CCOCC1. The monoisotopic (exact) mass is 344 g/mol. The number of hydrogen-bond donors (Lipinski definition) is 0. The van der Waals surface area contributed by atoms with Crippen molar-refractivity contribution in [3.8, 4) is 0 Å². The van der Waals surface area contributed by atoms with Crippen LogP contribution >= 0.6 is 0 Å². The fraction of sp³-hybridized carbons (Fsp3) is 0.667. The molecular weight excluding hydrogens is 316 g/mol. The summed E-state index contributed by atoms with van der Waals surface area (Å²) in [5.74, 6) is 1.04. The molecule has 0 N–H and O–H groups in total. The zero-order chi connectivity index (χ0) is 17.3. The second kappa shape index (κ2) is 6.90. The number of rotatable bonds is 4. The van der Waals surface area contributed by atoms with Gasteiger partial charge in [0.1, 0.15) is 5.82 Å². The van der Waals surface area contributed by atoms with Crippen molar-refractivity contribution in [2.45, 2.75) is 19.4 Å². The number of morpholine rings is 1. The lowest BCUT2D eigenvalue weighted by molar-refractivity contribution is -0.0221. The van der Waals surface area contributed by atoms with Gasteiger partial charge in [-0.1, -0.05) is 0 Å². The van der Waals surface area contributed by atoms with Gasteiger partial charge in [-0.2, -0.15) is 0 Å². The average molecular weight is 344 g/mol. The highest BCUT2D eigenvalue weighted by molar-refractivity contribution is 5.46. The van der Waals surface area contributed by atoms with Crippen LogP contribution in [0.5, 0.6) is 0 Å². The number of hydrogen-bond acceptors (Lipinski definition) is 6. The largest absolute Gasteiger partial charge is 0.379 e. The minimum atomic E-state index is 0.194. The quantitative estimate of drug-likeness (QED) is 0.824. The van der Waals surface area contributed by atoms with Crippen molar-refractivity contribution in [2.75, 3.05) is 63.9 Å². The summed E-state index contributed by atoms with van der Waals surface area (Å²) >= 11 is 0. The summed E-state index contributed by atoms with van der Waals surface area (Å²) < 4.78 is 7.35. The lowest BCUT2D eigenvalue weighted by atomic mass is 10.0. The smallest absolute Gasteiger partial charge is 0.153 e. The molecule has 0 saturated carbocycles. The number of nitrogens with zero attached hydrogens (tertiary/aromatic N) is 6. The molecule has 2 aliphatic rings. The number of imidazole rings is 1. The average Bonchev–Trinajstić information content (AvgIpc) is 3.10. The summed E-state index contributed by atoms with van der Waals surface area (Å²) in [7, 11) is 0. The Hall–Kier alpha value is -1.70. The first-order valence-electron chi connectivity index (χ1n) is 9.22. The summed E-state index contributed by atoms with van der Waals surface area (Å²) in [6.45, 7) is 13.8. The third kappa shape index (κ3) is 3.63. The van der Waals surface area contributed by atoms with Crippen LogP contribution in [0.3, 0.4) is 0 Å². The van der Waals surface area contributed by atoms with Gasteiger partial charge in [0.2, 0.25) is 0 Å². The van der Waals surface area contributed by atoms with Crippen LogP contribution in [-0.4, -0.2) is 89.0 Å². The molecule has 4 rings (SSSR count). The molecular formula is C18H28N6O. The zero-order valence-corrected chi connectivity index (χ0v) is 15.3. The molecule has 0 atom stereocenters. The first-order valence-corrected chi connectivity index (χ1v) is 9.22. The highest BCUT2D eigenvalue weighted by Gasteiger charge is 2.31. The first kappa shape index (κ1) is 16.8. The van der Waals surface area contributed by atoms with Gasteiger partial charge in [-0.15, -0.1) is 5.10 Å². The van der Waals surface area contributed by atoms with Crippen LogP contribution in [-0.2, 0) is 4.74 Å². The Balaban J connectivity index is 1.34. The van der Waals surface area contributed by atoms with Gasteiger partial charge < -0.3 is 9.64 Å². The molecule has 136 valence electrons. The molecule has 0 unspecified atom stereocenters. The van der Waals surface area contributed by atoms with E-state index in [0.29, 0.717) is 0 Å². The maximum absolute atomic E-state index is 5.50. The third-order valence-electron chi connectivity index (χ3n) is 5.42. The topological polar surface area (TPSA) is 49.1 Å². The summed E-state index contributed by atoms with van der Waals surface area (Å²) in [6, 6.07) is 4.12. The molecule has 0 bridgehead atoms. The molecule has 0 spiro atoms. The van der Waals surface area contributed by atoms with E-state index in [1.807, 2.05) is 16.8 Å². The van der Waals surface area contributed by atoms with E-state index in [2.05, 4.69) is 44.7 Å². The minimum absolute atomic E-state index is 0.194. The number of piperazine rings is 1. The fourth-order valence-electron chi connectivity index (χ4n) is 3.92. The van der Waals surface area contributed by atoms with Crippen molar-refractivity contribution in [3.63, 3.8) is 0 Å². The molecule has 7 heteroatoms. The van der Waals surface area contributed by atoms with Crippen LogP contribution in [0.1, 0.15) is 13.8 Å². The Bertz CT molecular complexity index is 700. The maximum Gasteiger partial charge on any atom is 0.153 e. The van der Waals surface area contributed by atoms with E-state index in [1.165, 1.54) is 0 Å². The molecule has 25 heavy (non-hydrogen) atoms. The van der Waals surface area contributed by atoms with E-state index in [9.17, 15) is 0 Å². The van der Waals surface area contributed by atoms with Gasteiger partial charge in [0, 0.05) is 63.7 Å². The van der Waals surface area contributed by atoms with Crippen LogP contribution in [0.15, 0.2) is 24.5 Å². The summed E-state index contributed by atoms with van der Waals surface area (Å²) in [6.07, 6.45) is 3.69. The molecule has 2 aromatic rings. The molecule has 4 heterocycles. The van der Waals surface area contributed by atoms with Gasteiger partial charge in [0.25, 0.3) is 0 Å². The molecule has 0 radical (unpaired) electrons. The van der Waals surface area contributed by atoms with Crippen LogP contribution in [0.25, 0.3) is 5.65 Å². The van der Waals surface area contributed by atoms with Crippen LogP contribution in [0.4, 0.5) is 5.82 Å². The van der Waals surface area contributed by atoms with Crippen molar-refractivity contribution in [2.24, 2.45) is 0 Å². The Morgan fingerprint density at radius 1 is 1.04 bits per heavy atom. The van der Waals surface area contributed by atoms with Crippen LogP contribution in [0.2, 0.25) is 0 Å². The standard InChI is InChI=1S/C18H28N6O/c1-18(2,23-11-13-25-14-12-23)15-21-7-9-22(10-8-21)17-4-3-16-19-5-6-24(16)20-17/h3-6H,7-15H2,1-2H3. The number of anilines is 1. The van der Waals surface area contributed by atoms with Crippen molar-refractivity contribution in [1.82, 2.24) is 24.4 Å². The predicted molar refractivity (Wildman–Crippen MR) is 98.1 cm³/mol. The van der Waals surface area contributed by atoms with Crippen LogP contribution < -0.4 is 4.90 Å². The number of fused-ring (bicyclic) bond motifs is 1. The maximum atomic E-state index is 5.50. The second-order valence-electron chi connectivity index (χ2n) is 7.60. The first-order chi connectivity index (χ1) is 12.1. The molecule has 2 fully saturated rings. The van der Waals surface area contributed by atoms with Gasteiger partial charge in [0.05, 0.1) is 13.2 Å². The Morgan fingerprint density at radius 2 is 1.80 bits per heavy atom. The minimum Gasteiger partial charge on any atom is -0.379 e. The fourth-order valence-corrected chi connectivity index (χ4v) is 3.92. The second-order valence-corrected chi connectivity index (χ2v) is 7.60. The Kier molecular flexibility index (Phi) is 4.62. The molecule has 0 aromatic carbocycles. The van der Waals surface area contributed by atoms with Crippen molar-refractivity contribution in [1.29, 1.82) is 0 Å². The van der Waals surface area contributed by atoms with Crippen molar-refractivity contribution in [3.05, 3.63) is 24.5 Å². The third-order valence-corrected chi connectivity index (χ3v) is 5.42. The molecule has 0 aliphatic carbocycles. The van der Waals surface area contributed by atoms with E-state index < -0.39 is 0 Å². The Morgan fingerprint density at radius 3 is 2.56 bits per heavy atom. The highest BCUT2D eigenvalue weighted by Crippen LogP contribution is 2.20. The van der Waals surface area contributed by atoms with Gasteiger partial charge >= 0.3 is 0 Å². The van der Waals surface area contributed by atoms with E-state index >= 15 is 0 Å². The van der Waals surface area contributed by atoms with Gasteiger partial charge in [-0.05, 0) is 26.0 Å². The normalized spacial score (nSPS) is 21.1. The van der Waals surface area contributed by atoms with Crippen molar-refractivity contribution >= 4 is 11.5 Å². The molecule has 2 saturated heterocycles. The van der Waals surface area contributed by atoms with E-state index in [4.69, 9.17) is 4.74 Å². The summed E-state index contributed by atoms with van der Waals surface area (Å²) in [4.78, 5) is 11.8. The lowest BCUT2D eigenvalue weighted by Crippen LogP contribution is -2.58. The number of aromatic nitrogens is 3. The van der Waals surface area contributed by atoms with E-state index in [1.54, 1.807) is 6.20 Å². The molecule has 7 nitrogen and oxygen atoms in total. The lowest BCUT2D eigenvalue weighted by Gasteiger charge is -2.45. The van der Waals surface area contributed by atoms with Gasteiger partial charge in [0.15, 0.2) is 5.65 Å². The number of ether oxygens (including phenoxy) is 1. The van der Waals surface area contributed by atoms with E-state index in [-0.39, 0.29) is 5.54 Å². The van der Waals surface area contributed by atoms with Gasteiger partial charge in [-0.3, -0.25) is 9.80 Å². The van der Waals surface area contributed by atoms with Crippen molar-refractivity contribution < 1.29 is 4.74 Å². The molecule has 2 aliphatic heterocycles. The molecule has 0 amide bonds.